The maximum absolute atomic E-state index is 13.2. The molecule has 0 bridgehead atoms. The summed E-state index contributed by atoms with van der Waals surface area (Å²) >= 11 is 0. The molecule has 162 valence electrons. The molecule has 3 aromatic carbocycles. The van der Waals surface area contributed by atoms with Crippen LogP contribution >= 0.6 is 0 Å². The normalized spacial score (nSPS) is 14.2. The molecule has 0 spiro atoms. The van der Waals surface area contributed by atoms with Gasteiger partial charge in [0.25, 0.3) is 20.0 Å². The van der Waals surface area contributed by atoms with E-state index in [1.54, 1.807) is 72.8 Å². The number of aryl methyl sites for hydroxylation is 2. The van der Waals surface area contributed by atoms with E-state index in [4.69, 9.17) is 0 Å². The molecule has 31 heavy (non-hydrogen) atoms. The minimum Gasteiger partial charge on any atom is -0.280 e. The molecule has 0 aromatic heterocycles. The van der Waals surface area contributed by atoms with Gasteiger partial charge in [-0.25, -0.2) is 16.8 Å². The third-order valence-electron chi connectivity index (χ3n) is 5.39. The van der Waals surface area contributed by atoms with Gasteiger partial charge in [0.05, 0.1) is 21.2 Å². The Balaban J connectivity index is 1.68. The van der Waals surface area contributed by atoms with Crippen LogP contribution in [0, 0.1) is 0 Å². The van der Waals surface area contributed by atoms with Crippen LogP contribution in [0.15, 0.2) is 82.6 Å². The van der Waals surface area contributed by atoms with Gasteiger partial charge < -0.3 is 0 Å². The third-order valence-corrected chi connectivity index (χ3v) is 8.61. The Morgan fingerprint density at radius 1 is 0.871 bits per heavy atom. The maximum atomic E-state index is 13.2. The van der Waals surface area contributed by atoms with E-state index in [1.165, 1.54) is 4.31 Å². The molecule has 4 rings (SSSR count). The van der Waals surface area contributed by atoms with Crippen LogP contribution in [-0.4, -0.2) is 23.4 Å². The molecular weight excluding hydrogens is 432 g/mol. The fourth-order valence-corrected chi connectivity index (χ4v) is 6.30. The predicted molar refractivity (Wildman–Crippen MR) is 122 cm³/mol. The monoisotopic (exact) mass is 456 g/mol. The van der Waals surface area contributed by atoms with Gasteiger partial charge in [-0.3, -0.25) is 9.03 Å². The summed E-state index contributed by atoms with van der Waals surface area (Å²) in [5.41, 5.74) is 2.76. The van der Waals surface area contributed by atoms with Gasteiger partial charge in [0, 0.05) is 6.54 Å². The molecule has 6 nitrogen and oxygen atoms in total. The summed E-state index contributed by atoms with van der Waals surface area (Å²) in [4.78, 5) is 0.376. The van der Waals surface area contributed by atoms with Crippen LogP contribution in [0.25, 0.3) is 0 Å². The zero-order valence-electron chi connectivity index (χ0n) is 17.2. The van der Waals surface area contributed by atoms with Crippen molar-refractivity contribution in [3.63, 3.8) is 0 Å². The number of anilines is 2. The molecule has 0 unspecified atom stereocenters. The van der Waals surface area contributed by atoms with Crippen molar-refractivity contribution in [3.05, 3.63) is 83.9 Å². The first-order valence-electron chi connectivity index (χ1n) is 10.1. The molecule has 0 saturated carbocycles. The van der Waals surface area contributed by atoms with Gasteiger partial charge in [-0.15, -0.1) is 0 Å². The zero-order chi connectivity index (χ0) is 22.1. The van der Waals surface area contributed by atoms with Crippen LogP contribution in [0.1, 0.15) is 24.5 Å². The lowest BCUT2D eigenvalue weighted by Gasteiger charge is -2.31. The first-order chi connectivity index (χ1) is 14.8. The molecule has 1 aliphatic heterocycles. The van der Waals surface area contributed by atoms with Crippen LogP contribution < -0.4 is 9.03 Å². The van der Waals surface area contributed by atoms with Gasteiger partial charge in [-0.1, -0.05) is 43.3 Å². The van der Waals surface area contributed by atoms with E-state index in [2.05, 4.69) is 4.72 Å². The molecule has 1 heterocycles. The molecule has 3 aromatic rings. The van der Waals surface area contributed by atoms with E-state index in [-0.39, 0.29) is 9.79 Å². The van der Waals surface area contributed by atoms with Crippen molar-refractivity contribution in [2.45, 2.75) is 36.0 Å². The molecule has 0 radical (unpaired) electrons. The second kappa shape index (κ2) is 8.36. The van der Waals surface area contributed by atoms with Crippen LogP contribution in [0.5, 0.6) is 0 Å². The molecule has 1 aliphatic rings. The quantitative estimate of drug-likeness (QED) is 0.603. The van der Waals surface area contributed by atoms with Crippen molar-refractivity contribution in [2.24, 2.45) is 0 Å². The van der Waals surface area contributed by atoms with Crippen LogP contribution in [0.3, 0.4) is 0 Å². The number of fused-ring (bicyclic) bond motifs is 1. The summed E-state index contributed by atoms with van der Waals surface area (Å²) in [5.74, 6) is 0. The smallest absolute Gasteiger partial charge is 0.264 e. The molecule has 0 aliphatic carbocycles. The van der Waals surface area contributed by atoms with Crippen molar-refractivity contribution in [3.8, 4) is 0 Å². The SMILES string of the molecule is CCc1ccc(S(=O)(=O)Nc2ccc3c(c2)N(S(=O)(=O)c2ccccc2)CCC3)cc1. The Labute approximate surface area is 183 Å². The summed E-state index contributed by atoms with van der Waals surface area (Å²) in [6, 6.07) is 20.1. The lowest BCUT2D eigenvalue weighted by atomic mass is 10.0. The summed E-state index contributed by atoms with van der Waals surface area (Å²) in [6.45, 7) is 2.35. The molecule has 0 atom stereocenters. The minimum absolute atomic E-state index is 0.163. The first-order valence-corrected chi connectivity index (χ1v) is 13.1. The van der Waals surface area contributed by atoms with Crippen molar-refractivity contribution < 1.29 is 16.8 Å². The number of hydrogen-bond acceptors (Lipinski definition) is 4. The highest BCUT2D eigenvalue weighted by Crippen LogP contribution is 2.34. The van der Waals surface area contributed by atoms with E-state index < -0.39 is 20.0 Å². The number of nitrogens with zero attached hydrogens (tertiary/aromatic N) is 1. The average molecular weight is 457 g/mol. The lowest BCUT2D eigenvalue weighted by molar-refractivity contribution is 0.586. The number of benzene rings is 3. The highest BCUT2D eigenvalue weighted by atomic mass is 32.2. The van der Waals surface area contributed by atoms with E-state index in [0.29, 0.717) is 24.3 Å². The molecule has 0 fully saturated rings. The Morgan fingerprint density at radius 3 is 2.26 bits per heavy atom. The Bertz CT molecular complexity index is 1290. The third kappa shape index (κ3) is 4.31. The van der Waals surface area contributed by atoms with Crippen molar-refractivity contribution >= 4 is 31.4 Å². The highest BCUT2D eigenvalue weighted by molar-refractivity contribution is 7.93. The number of sulfonamides is 2. The molecular formula is C23H24N2O4S2. The van der Waals surface area contributed by atoms with Crippen LogP contribution in [0.4, 0.5) is 11.4 Å². The van der Waals surface area contributed by atoms with Gasteiger partial charge in [-0.2, -0.15) is 0 Å². The summed E-state index contributed by atoms with van der Waals surface area (Å²) < 4.78 is 56.0. The average Bonchev–Trinajstić information content (AvgIpc) is 2.79. The van der Waals surface area contributed by atoms with Gasteiger partial charge in [0.15, 0.2) is 0 Å². The standard InChI is InChI=1S/C23H24N2O4S2/c1-2-18-10-14-21(15-11-18)30(26,27)24-20-13-12-19-7-6-16-25(23(19)17-20)31(28,29)22-8-4-3-5-9-22/h3-5,8-15,17,24H,2,6-7,16H2,1H3. The lowest BCUT2D eigenvalue weighted by Crippen LogP contribution is -2.35. The zero-order valence-corrected chi connectivity index (χ0v) is 18.8. The second-order valence-corrected chi connectivity index (χ2v) is 11.0. The summed E-state index contributed by atoms with van der Waals surface area (Å²) in [7, 11) is -7.53. The largest absolute Gasteiger partial charge is 0.280 e. The van der Waals surface area contributed by atoms with Gasteiger partial charge >= 0.3 is 0 Å². The van der Waals surface area contributed by atoms with Gasteiger partial charge in [0.2, 0.25) is 0 Å². The van der Waals surface area contributed by atoms with E-state index in [0.717, 1.165) is 24.0 Å². The Kier molecular flexibility index (Phi) is 5.77. The van der Waals surface area contributed by atoms with E-state index in [9.17, 15) is 16.8 Å². The number of nitrogens with one attached hydrogen (secondary N) is 1. The summed E-state index contributed by atoms with van der Waals surface area (Å²) in [6.07, 6.45) is 2.26. The van der Waals surface area contributed by atoms with E-state index in [1.807, 2.05) is 6.92 Å². The second-order valence-electron chi connectivity index (χ2n) is 7.44. The van der Waals surface area contributed by atoms with Crippen molar-refractivity contribution in [2.75, 3.05) is 15.6 Å². The van der Waals surface area contributed by atoms with Crippen LogP contribution in [-0.2, 0) is 32.9 Å². The molecule has 1 N–H and O–H groups in total. The fourth-order valence-electron chi connectivity index (χ4n) is 3.69. The maximum Gasteiger partial charge on any atom is 0.264 e. The van der Waals surface area contributed by atoms with Crippen molar-refractivity contribution in [1.82, 2.24) is 0 Å². The van der Waals surface area contributed by atoms with Gasteiger partial charge in [0.1, 0.15) is 0 Å². The number of rotatable bonds is 6. The van der Waals surface area contributed by atoms with Gasteiger partial charge in [-0.05, 0) is 66.8 Å². The predicted octanol–water partition coefficient (Wildman–Crippen LogP) is 4.19. The summed E-state index contributed by atoms with van der Waals surface area (Å²) in [5, 5.41) is 0. The fraction of sp³-hybridized carbons (Fsp3) is 0.217. The molecule has 0 amide bonds. The Hall–Kier alpha value is -2.84. The first kappa shape index (κ1) is 21.4. The molecule has 8 heteroatoms. The van der Waals surface area contributed by atoms with E-state index >= 15 is 0 Å². The minimum atomic E-state index is -3.79. The molecule has 0 saturated heterocycles. The Morgan fingerprint density at radius 2 is 1.58 bits per heavy atom. The van der Waals surface area contributed by atoms with Crippen molar-refractivity contribution in [1.29, 1.82) is 0 Å². The topological polar surface area (TPSA) is 83.6 Å². The highest BCUT2D eigenvalue weighted by Gasteiger charge is 2.29. The number of hydrogen-bond donors (Lipinski definition) is 1. The van der Waals surface area contributed by atoms with Crippen LogP contribution in [0.2, 0.25) is 0 Å².